The van der Waals surface area contributed by atoms with Gasteiger partial charge in [0.2, 0.25) is 0 Å². The Morgan fingerprint density at radius 1 is 1.36 bits per heavy atom. The van der Waals surface area contributed by atoms with Crippen LogP contribution < -0.4 is 5.32 Å². The van der Waals surface area contributed by atoms with E-state index in [0.29, 0.717) is 12.1 Å². The van der Waals surface area contributed by atoms with Crippen LogP contribution in [0.4, 0.5) is 0 Å². The van der Waals surface area contributed by atoms with Crippen LogP contribution in [0.25, 0.3) is 0 Å². The molecular weight excluding hydrogens is 154 g/mol. The standard InChI is InChI=1S/C9H15NS/c1-7(2)10-8(3)9-5-4-6-11-9/h4-8,10H,1-3H3/t8-/m0/s1. The lowest BCUT2D eigenvalue weighted by molar-refractivity contribution is 0.512. The van der Waals surface area contributed by atoms with Crippen molar-refractivity contribution in [3.8, 4) is 0 Å². The molecule has 0 amide bonds. The fourth-order valence-electron chi connectivity index (χ4n) is 1.12. The monoisotopic (exact) mass is 169 g/mol. The van der Waals surface area contributed by atoms with E-state index in [9.17, 15) is 0 Å². The van der Waals surface area contributed by atoms with Crippen LogP contribution in [0.1, 0.15) is 31.7 Å². The van der Waals surface area contributed by atoms with E-state index >= 15 is 0 Å². The highest BCUT2D eigenvalue weighted by atomic mass is 32.1. The maximum absolute atomic E-state index is 3.46. The van der Waals surface area contributed by atoms with Crippen molar-refractivity contribution in [3.63, 3.8) is 0 Å². The summed E-state index contributed by atoms with van der Waals surface area (Å²) in [6, 6.07) is 5.32. The molecule has 62 valence electrons. The summed E-state index contributed by atoms with van der Waals surface area (Å²) in [4.78, 5) is 1.42. The van der Waals surface area contributed by atoms with E-state index in [-0.39, 0.29) is 0 Å². The molecule has 0 saturated carbocycles. The zero-order chi connectivity index (χ0) is 8.27. The van der Waals surface area contributed by atoms with Gasteiger partial charge in [0.1, 0.15) is 0 Å². The fourth-order valence-corrected chi connectivity index (χ4v) is 1.86. The Kier molecular flexibility index (Phi) is 3.09. The maximum Gasteiger partial charge on any atom is 0.0388 e. The van der Waals surface area contributed by atoms with Crippen LogP contribution in [0.15, 0.2) is 17.5 Å². The second-order valence-electron chi connectivity index (χ2n) is 3.06. The van der Waals surface area contributed by atoms with E-state index < -0.39 is 0 Å². The van der Waals surface area contributed by atoms with Crippen LogP contribution in [0, 0.1) is 0 Å². The first-order valence-electron chi connectivity index (χ1n) is 3.99. The summed E-state index contributed by atoms with van der Waals surface area (Å²) in [5, 5.41) is 5.57. The number of hydrogen-bond acceptors (Lipinski definition) is 2. The quantitative estimate of drug-likeness (QED) is 0.733. The third-order valence-electron chi connectivity index (χ3n) is 1.55. The first kappa shape index (κ1) is 8.75. The van der Waals surface area contributed by atoms with Crippen molar-refractivity contribution in [3.05, 3.63) is 22.4 Å². The van der Waals surface area contributed by atoms with Crippen LogP contribution in [0.3, 0.4) is 0 Å². The lowest BCUT2D eigenvalue weighted by Crippen LogP contribution is -2.25. The van der Waals surface area contributed by atoms with E-state index in [1.54, 1.807) is 0 Å². The molecule has 0 aromatic carbocycles. The van der Waals surface area contributed by atoms with Crippen LogP contribution in [0.2, 0.25) is 0 Å². The van der Waals surface area contributed by atoms with Crippen molar-refractivity contribution < 1.29 is 0 Å². The SMILES string of the molecule is CC(C)N[C@@H](C)c1cccs1. The van der Waals surface area contributed by atoms with E-state index in [4.69, 9.17) is 0 Å². The van der Waals surface area contributed by atoms with Crippen molar-refractivity contribution in [2.24, 2.45) is 0 Å². The molecule has 11 heavy (non-hydrogen) atoms. The Morgan fingerprint density at radius 3 is 2.55 bits per heavy atom. The van der Waals surface area contributed by atoms with E-state index in [1.165, 1.54) is 4.88 Å². The lowest BCUT2D eigenvalue weighted by atomic mass is 10.2. The van der Waals surface area contributed by atoms with Gasteiger partial charge in [-0.3, -0.25) is 0 Å². The molecule has 0 saturated heterocycles. The Labute approximate surface area is 72.4 Å². The average Bonchev–Trinajstić information content (AvgIpc) is 2.35. The first-order valence-corrected chi connectivity index (χ1v) is 4.87. The molecule has 2 heteroatoms. The van der Waals surface area contributed by atoms with Gasteiger partial charge in [-0.05, 0) is 18.4 Å². The fraction of sp³-hybridized carbons (Fsp3) is 0.556. The summed E-state index contributed by atoms with van der Waals surface area (Å²) in [7, 11) is 0. The summed E-state index contributed by atoms with van der Waals surface area (Å²) in [5.41, 5.74) is 0. The number of nitrogens with one attached hydrogen (secondary N) is 1. The molecule has 0 aliphatic rings. The highest BCUT2D eigenvalue weighted by Gasteiger charge is 2.05. The van der Waals surface area contributed by atoms with Gasteiger partial charge in [-0.2, -0.15) is 0 Å². The maximum atomic E-state index is 3.46. The molecule has 0 aliphatic carbocycles. The molecule has 1 N–H and O–H groups in total. The zero-order valence-corrected chi connectivity index (χ0v) is 8.11. The average molecular weight is 169 g/mol. The highest BCUT2D eigenvalue weighted by Crippen LogP contribution is 2.18. The van der Waals surface area contributed by atoms with Gasteiger partial charge in [0.15, 0.2) is 0 Å². The topological polar surface area (TPSA) is 12.0 Å². The number of hydrogen-bond donors (Lipinski definition) is 1. The molecule has 1 nitrogen and oxygen atoms in total. The molecule has 1 rings (SSSR count). The second-order valence-corrected chi connectivity index (χ2v) is 4.04. The molecule has 0 bridgehead atoms. The highest BCUT2D eigenvalue weighted by molar-refractivity contribution is 7.10. The van der Waals surface area contributed by atoms with E-state index in [2.05, 4.69) is 43.6 Å². The van der Waals surface area contributed by atoms with Gasteiger partial charge in [-0.15, -0.1) is 11.3 Å². The molecule has 0 unspecified atom stereocenters. The van der Waals surface area contributed by atoms with Gasteiger partial charge < -0.3 is 5.32 Å². The van der Waals surface area contributed by atoms with Crippen LogP contribution in [0.5, 0.6) is 0 Å². The number of rotatable bonds is 3. The molecule has 1 heterocycles. The normalized spacial score (nSPS) is 13.8. The second kappa shape index (κ2) is 3.88. The molecule has 0 spiro atoms. The Balaban J connectivity index is 2.49. The Morgan fingerprint density at radius 2 is 2.09 bits per heavy atom. The van der Waals surface area contributed by atoms with E-state index in [1.807, 2.05) is 11.3 Å². The third kappa shape index (κ3) is 2.64. The summed E-state index contributed by atoms with van der Waals surface area (Å²) in [5.74, 6) is 0. The predicted molar refractivity (Wildman–Crippen MR) is 51.0 cm³/mol. The largest absolute Gasteiger partial charge is 0.307 e. The van der Waals surface area contributed by atoms with Crippen LogP contribution in [-0.4, -0.2) is 6.04 Å². The Hall–Kier alpha value is -0.340. The van der Waals surface area contributed by atoms with Crippen molar-refractivity contribution >= 4 is 11.3 Å². The van der Waals surface area contributed by atoms with Crippen LogP contribution >= 0.6 is 11.3 Å². The van der Waals surface area contributed by atoms with Gasteiger partial charge in [0.25, 0.3) is 0 Å². The van der Waals surface area contributed by atoms with Gasteiger partial charge in [0.05, 0.1) is 0 Å². The summed E-state index contributed by atoms with van der Waals surface area (Å²) < 4.78 is 0. The first-order chi connectivity index (χ1) is 5.20. The lowest BCUT2D eigenvalue weighted by Gasteiger charge is -2.14. The Bertz CT molecular complexity index is 191. The van der Waals surface area contributed by atoms with Crippen molar-refractivity contribution in [1.29, 1.82) is 0 Å². The smallest absolute Gasteiger partial charge is 0.0388 e. The zero-order valence-electron chi connectivity index (χ0n) is 7.29. The van der Waals surface area contributed by atoms with Gasteiger partial charge in [-0.25, -0.2) is 0 Å². The summed E-state index contributed by atoms with van der Waals surface area (Å²) >= 11 is 1.81. The number of thiophene rings is 1. The molecule has 0 radical (unpaired) electrons. The van der Waals surface area contributed by atoms with Crippen molar-refractivity contribution in [1.82, 2.24) is 5.32 Å². The van der Waals surface area contributed by atoms with Gasteiger partial charge >= 0.3 is 0 Å². The van der Waals surface area contributed by atoms with E-state index in [0.717, 1.165) is 0 Å². The third-order valence-corrected chi connectivity index (χ3v) is 2.61. The minimum Gasteiger partial charge on any atom is -0.307 e. The molecule has 1 aromatic rings. The predicted octanol–water partition coefficient (Wildman–Crippen LogP) is 2.81. The summed E-state index contributed by atoms with van der Waals surface area (Å²) in [6.07, 6.45) is 0. The van der Waals surface area contributed by atoms with Crippen molar-refractivity contribution in [2.75, 3.05) is 0 Å². The molecule has 1 aromatic heterocycles. The molecule has 1 atom stereocenters. The minimum absolute atomic E-state index is 0.495. The molecule has 0 aliphatic heterocycles. The molecule has 0 fully saturated rings. The van der Waals surface area contributed by atoms with Crippen molar-refractivity contribution in [2.45, 2.75) is 32.9 Å². The minimum atomic E-state index is 0.495. The van der Waals surface area contributed by atoms with Gasteiger partial charge in [-0.1, -0.05) is 19.9 Å². The molecular formula is C9H15NS. The van der Waals surface area contributed by atoms with Crippen LogP contribution in [-0.2, 0) is 0 Å². The summed E-state index contributed by atoms with van der Waals surface area (Å²) in [6.45, 7) is 6.54. The van der Waals surface area contributed by atoms with Gasteiger partial charge in [0, 0.05) is 17.0 Å².